The summed E-state index contributed by atoms with van der Waals surface area (Å²) in [5.41, 5.74) is 1.20. The van der Waals surface area contributed by atoms with Gasteiger partial charge in [0.05, 0.1) is 16.0 Å². The number of aromatic nitrogens is 1. The molecule has 9 heteroatoms. The van der Waals surface area contributed by atoms with Gasteiger partial charge in [0.25, 0.3) is 10.0 Å². The average Bonchev–Trinajstić information content (AvgIpc) is 3.01. The Bertz CT molecular complexity index is 1220. The summed E-state index contributed by atoms with van der Waals surface area (Å²) in [6.07, 6.45) is -2.52. The van der Waals surface area contributed by atoms with Gasteiger partial charge in [0.2, 0.25) is 0 Å². The fraction of sp³-hybridized carbons (Fsp3) is 0.333. The van der Waals surface area contributed by atoms with Crippen LogP contribution in [0.5, 0.6) is 0 Å². The van der Waals surface area contributed by atoms with Crippen molar-refractivity contribution >= 4 is 32.5 Å². The van der Waals surface area contributed by atoms with Gasteiger partial charge in [-0.25, -0.2) is 12.4 Å². The van der Waals surface area contributed by atoms with E-state index >= 15 is 0 Å². The van der Waals surface area contributed by atoms with Crippen LogP contribution in [0.3, 0.4) is 0 Å². The van der Waals surface area contributed by atoms with Crippen LogP contribution in [-0.4, -0.2) is 37.4 Å². The molecule has 4 nitrogen and oxygen atoms in total. The molecule has 0 saturated carbocycles. The lowest BCUT2D eigenvalue weighted by molar-refractivity contribution is -0.137. The summed E-state index contributed by atoms with van der Waals surface area (Å²) in [7, 11) is -0.110. The second-order valence-electron chi connectivity index (χ2n) is 7.74. The first-order chi connectivity index (χ1) is 14.0. The summed E-state index contributed by atoms with van der Waals surface area (Å²) >= 11 is 6.19. The van der Waals surface area contributed by atoms with Gasteiger partial charge in [0, 0.05) is 22.1 Å². The molecule has 30 heavy (non-hydrogen) atoms. The number of alkyl halides is 3. The molecule has 1 atom stereocenters. The van der Waals surface area contributed by atoms with E-state index in [4.69, 9.17) is 11.6 Å². The molecule has 0 radical (unpaired) electrons. The summed E-state index contributed by atoms with van der Waals surface area (Å²) < 4.78 is 66.9. The lowest BCUT2D eigenvalue weighted by Gasteiger charge is -2.29. The van der Waals surface area contributed by atoms with E-state index in [1.165, 1.54) is 3.97 Å². The smallest absolute Gasteiger partial charge is 0.306 e. The van der Waals surface area contributed by atoms with Gasteiger partial charge >= 0.3 is 6.18 Å². The molecule has 1 unspecified atom stereocenters. The van der Waals surface area contributed by atoms with Crippen molar-refractivity contribution in [2.45, 2.75) is 36.4 Å². The van der Waals surface area contributed by atoms with Gasteiger partial charge in [-0.3, -0.25) is 0 Å². The van der Waals surface area contributed by atoms with Gasteiger partial charge in [0.15, 0.2) is 0 Å². The van der Waals surface area contributed by atoms with Crippen molar-refractivity contribution in [3.63, 3.8) is 0 Å². The number of hydrogen-bond acceptors (Lipinski definition) is 3. The molecule has 1 heterocycles. The van der Waals surface area contributed by atoms with Crippen molar-refractivity contribution in [1.82, 2.24) is 8.87 Å². The Balaban J connectivity index is 1.91. The molecule has 0 saturated heterocycles. The molecule has 0 spiro atoms. The van der Waals surface area contributed by atoms with Crippen LogP contribution in [0.2, 0.25) is 5.02 Å². The summed E-state index contributed by atoms with van der Waals surface area (Å²) in [6.45, 7) is 0. The van der Waals surface area contributed by atoms with Crippen molar-refractivity contribution in [2.75, 3.05) is 14.1 Å². The number of likely N-dealkylation sites (N-methyl/N-ethyl adjacent to an activating group) is 1. The Kier molecular flexibility index (Phi) is 5.15. The van der Waals surface area contributed by atoms with Crippen molar-refractivity contribution < 1.29 is 21.6 Å². The highest BCUT2D eigenvalue weighted by Gasteiger charge is 2.33. The zero-order valence-electron chi connectivity index (χ0n) is 16.4. The normalized spacial score (nSPS) is 17.5. The van der Waals surface area contributed by atoms with Crippen molar-refractivity contribution in [3.05, 3.63) is 64.3 Å². The first-order valence-corrected chi connectivity index (χ1v) is 11.2. The third-order valence-electron chi connectivity index (χ3n) is 5.70. The summed E-state index contributed by atoms with van der Waals surface area (Å²) in [6, 6.07) is 8.92. The Labute approximate surface area is 177 Å². The van der Waals surface area contributed by atoms with E-state index in [2.05, 4.69) is 4.90 Å². The van der Waals surface area contributed by atoms with Crippen LogP contribution >= 0.6 is 11.6 Å². The van der Waals surface area contributed by atoms with E-state index < -0.39 is 21.8 Å². The van der Waals surface area contributed by atoms with E-state index in [0.29, 0.717) is 29.1 Å². The van der Waals surface area contributed by atoms with E-state index in [1.54, 1.807) is 18.2 Å². The summed E-state index contributed by atoms with van der Waals surface area (Å²) in [5.74, 6) is 0. The van der Waals surface area contributed by atoms with Gasteiger partial charge in [-0.05, 0) is 81.4 Å². The van der Waals surface area contributed by atoms with Gasteiger partial charge in [-0.2, -0.15) is 13.2 Å². The van der Waals surface area contributed by atoms with Crippen molar-refractivity contribution in [1.29, 1.82) is 0 Å². The minimum Gasteiger partial charge on any atom is -0.306 e. The number of halogens is 4. The summed E-state index contributed by atoms with van der Waals surface area (Å²) in [5, 5.41) is 1.26. The second kappa shape index (κ2) is 7.28. The maximum Gasteiger partial charge on any atom is 0.416 e. The average molecular weight is 457 g/mol. The van der Waals surface area contributed by atoms with Crippen LogP contribution in [0.4, 0.5) is 13.2 Å². The molecule has 0 amide bonds. The van der Waals surface area contributed by atoms with Crippen LogP contribution in [-0.2, 0) is 29.0 Å². The molecule has 0 aliphatic heterocycles. The van der Waals surface area contributed by atoms with E-state index in [1.807, 2.05) is 14.1 Å². The maximum atomic E-state index is 13.5. The van der Waals surface area contributed by atoms with Crippen LogP contribution < -0.4 is 0 Å². The predicted octanol–water partition coefficient (Wildman–Crippen LogP) is 4.97. The lowest BCUT2D eigenvalue weighted by Crippen LogP contribution is -2.34. The van der Waals surface area contributed by atoms with Crippen LogP contribution in [0, 0.1) is 0 Å². The van der Waals surface area contributed by atoms with E-state index in [9.17, 15) is 21.6 Å². The fourth-order valence-corrected chi connectivity index (χ4v) is 5.88. The highest BCUT2D eigenvalue weighted by Crippen LogP contribution is 2.37. The van der Waals surface area contributed by atoms with E-state index in [-0.39, 0.29) is 10.9 Å². The molecule has 2 aromatic carbocycles. The van der Waals surface area contributed by atoms with Gasteiger partial charge < -0.3 is 4.90 Å². The first kappa shape index (κ1) is 21.2. The maximum absolute atomic E-state index is 13.5. The van der Waals surface area contributed by atoms with Gasteiger partial charge in [0.1, 0.15) is 0 Å². The lowest BCUT2D eigenvalue weighted by atomic mass is 9.91. The summed E-state index contributed by atoms with van der Waals surface area (Å²) in [4.78, 5) is 1.93. The fourth-order valence-electron chi connectivity index (χ4n) is 4.11. The van der Waals surface area contributed by atoms with Gasteiger partial charge in [-0.15, -0.1) is 0 Å². The molecule has 1 aliphatic carbocycles. The quantitative estimate of drug-likeness (QED) is 0.559. The monoisotopic (exact) mass is 456 g/mol. The van der Waals surface area contributed by atoms with Gasteiger partial charge in [-0.1, -0.05) is 11.6 Å². The zero-order chi connectivity index (χ0) is 21.8. The number of rotatable bonds is 3. The molecule has 160 valence electrons. The zero-order valence-corrected chi connectivity index (χ0v) is 17.9. The van der Waals surface area contributed by atoms with E-state index in [0.717, 1.165) is 41.6 Å². The molecule has 3 aromatic rings. The van der Waals surface area contributed by atoms with Crippen LogP contribution in [0.1, 0.15) is 23.2 Å². The second-order valence-corrected chi connectivity index (χ2v) is 9.96. The molecule has 0 N–H and O–H groups in total. The van der Waals surface area contributed by atoms with Crippen LogP contribution in [0.15, 0.2) is 47.4 Å². The standard InChI is InChI=1S/C21H20ClF3N2O2S/c1-26(2)15-6-10-20-18(12-15)17-11-14(22)5-9-19(17)27(20)30(28,29)16-7-3-13(4-8-16)21(23,24)25/h3-5,7-9,11,15H,6,10,12H2,1-2H3. The molecule has 1 aliphatic rings. The molecule has 1 aromatic heterocycles. The minimum absolute atomic E-state index is 0.181. The molecule has 0 bridgehead atoms. The molecule has 0 fully saturated rings. The Morgan fingerprint density at radius 1 is 1.10 bits per heavy atom. The first-order valence-electron chi connectivity index (χ1n) is 9.41. The largest absolute Gasteiger partial charge is 0.416 e. The van der Waals surface area contributed by atoms with Crippen LogP contribution in [0.25, 0.3) is 10.9 Å². The molecule has 4 rings (SSSR count). The predicted molar refractivity (Wildman–Crippen MR) is 110 cm³/mol. The SMILES string of the molecule is CN(C)C1CCc2c(c3cc(Cl)ccc3n2S(=O)(=O)c2ccc(C(F)(F)F)cc2)C1. The minimum atomic E-state index is -4.53. The third-order valence-corrected chi connectivity index (χ3v) is 7.70. The third kappa shape index (κ3) is 3.50. The molecular weight excluding hydrogens is 437 g/mol. The number of hydrogen-bond donors (Lipinski definition) is 0. The number of fused-ring (bicyclic) bond motifs is 3. The molecular formula is C21H20ClF3N2O2S. The Hall–Kier alpha value is -2.03. The topological polar surface area (TPSA) is 42.3 Å². The van der Waals surface area contributed by atoms with Crippen molar-refractivity contribution in [3.8, 4) is 0 Å². The highest BCUT2D eigenvalue weighted by molar-refractivity contribution is 7.90. The van der Waals surface area contributed by atoms with Crippen molar-refractivity contribution in [2.24, 2.45) is 0 Å². The Morgan fingerprint density at radius 3 is 2.37 bits per heavy atom. The number of nitrogens with zero attached hydrogens (tertiary/aromatic N) is 2. The Morgan fingerprint density at radius 2 is 1.77 bits per heavy atom. The highest BCUT2D eigenvalue weighted by atomic mass is 35.5. The number of benzene rings is 2.